The monoisotopic (exact) mass is 339 g/mol. The third kappa shape index (κ3) is 2.91. The number of halogens is 2. The van der Waals surface area contributed by atoms with Gasteiger partial charge in [-0.3, -0.25) is 4.79 Å². The minimum atomic E-state index is -0.152. The van der Waals surface area contributed by atoms with Crippen molar-refractivity contribution in [2.45, 2.75) is 0 Å². The highest BCUT2D eigenvalue weighted by molar-refractivity contribution is 9.10. The van der Waals surface area contributed by atoms with E-state index >= 15 is 0 Å². The van der Waals surface area contributed by atoms with Crippen molar-refractivity contribution < 1.29 is 9.53 Å². The third-order valence-electron chi connectivity index (χ3n) is 2.65. The Morgan fingerprint density at radius 1 is 1.21 bits per heavy atom. The van der Waals surface area contributed by atoms with Crippen LogP contribution in [0.25, 0.3) is 0 Å². The number of ether oxygens (including phenoxy) is 1. The Kier molecular flexibility index (Phi) is 4.12. The second-order valence-electron chi connectivity index (χ2n) is 3.91. The minimum Gasteiger partial charge on any atom is -0.496 e. The molecule has 0 atom stereocenters. The van der Waals surface area contributed by atoms with Crippen LogP contribution < -0.4 is 10.5 Å². The molecule has 0 unspecified atom stereocenters. The Morgan fingerprint density at radius 3 is 2.53 bits per heavy atom. The van der Waals surface area contributed by atoms with Crippen LogP contribution in [0.4, 0.5) is 5.69 Å². The Hall–Kier alpha value is -1.52. The lowest BCUT2D eigenvalue weighted by molar-refractivity contribution is 0.103. The molecular weight excluding hydrogens is 330 g/mol. The SMILES string of the molecule is COc1cc(Cl)ccc1C(=O)c1ccc(N)cc1Br. The molecule has 3 nitrogen and oxygen atoms in total. The minimum absolute atomic E-state index is 0.152. The van der Waals surface area contributed by atoms with Crippen molar-refractivity contribution in [2.75, 3.05) is 12.8 Å². The quantitative estimate of drug-likeness (QED) is 0.680. The zero-order chi connectivity index (χ0) is 14.0. The van der Waals surface area contributed by atoms with Gasteiger partial charge in [-0.15, -0.1) is 0 Å². The van der Waals surface area contributed by atoms with E-state index in [4.69, 9.17) is 22.1 Å². The molecule has 5 heteroatoms. The van der Waals surface area contributed by atoms with E-state index in [0.717, 1.165) is 0 Å². The van der Waals surface area contributed by atoms with E-state index in [9.17, 15) is 4.79 Å². The highest BCUT2D eigenvalue weighted by atomic mass is 79.9. The number of benzene rings is 2. The maximum atomic E-state index is 12.5. The number of nitrogens with two attached hydrogens (primary N) is 1. The maximum Gasteiger partial charge on any atom is 0.197 e. The van der Waals surface area contributed by atoms with Crippen LogP contribution in [0.2, 0.25) is 5.02 Å². The summed E-state index contributed by atoms with van der Waals surface area (Å²) in [5, 5.41) is 0.518. The van der Waals surface area contributed by atoms with E-state index < -0.39 is 0 Å². The largest absolute Gasteiger partial charge is 0.496 e. The van der Waals surface area contributed by atoms with Crippen molar-refractivity contribution in [3.63, 3.8) is 0 Å². The molecule has 0 aliphatic rings. The summed E-state index contributed by atoms with van der Waals surface area (Å²) in [4.78, 5) is 12.5. The molecule has 0 bridgehead atoms. The number of nitrogen functional groups attached to an aromatic ring is 1. The molecule has 0 heterocycles. The van der Waals surface area contributed by atoms with Gasteiger partial charge < -0.3 is 10.5 Å². The molecule has 0 aromatic heterocycles. The Balaban J connectivity index is 2.50. The Morgan fingerprint density at radius 2 is 1.89 bits per heavy atom. The number of methoxy groups -OCH3 is 1. The summed E-state index contributed by atoms with van der Waals surface area (Å²) in [5.41, 5.74) is 7.23. The van der Waals surface area contributed by atoms with E-state index in [2.05, 4.69) is 15.9 Å². The molecule has 2 aromatic rings. The van der Waals surface area contributed by atoms with Gasteiger partial charge in [0.05, 0.1) is 12.7 Å². The molecule has 2 aromatic carbocycles. The van der Waals surface area contributed by atoms with Crippen LogP contribution in [-0.4, -0.2) is 12.9 Å². The number of rotatable bonds is 3. The first-order chi connectivity index (χ1) is 9.02. The number of hydrogen-bond acceptors (Lipinski definition) is 3. The van der Waals surface area contributed by atoms with Crippen molar-refractivity contribution in [3.8, 4) is 5.75 Å². The highest BCUT2D eigenvalue weighted by Crippen LogP contribution is 2.28. The van der Waals surface area contributed by atoms with Crippen LogP contribution in [-0.2, 0) is 0 Å². The van der Waals surface area contributed by atoms with Crippen molar-refractivity contribution >= 4 is 39.0 Å². The van der Waals surface area contributed by atoms with Gasteiger partial charge in [0.15, 0.2) is 5.78 Å². The molecule has 0 aliphatic heterocycles. The molecule has 98 valence electrons. The average Bonchev–Trinajstić information content (AvgIpc) is 2.37. The van der Waals surface area contributed by atoms with Crippen molar-refractivity contribution in [3.05, 3.63) is 57.0 Å². The number of anilines is 1. The summed E-state index contributed by atoms with van der Waals surface area (Å²) in [5.74, 6) is 0.293. The van der Waals surface area contributed by atoms with Crippen LogP contribution in [0.15, 0.2) is 40.9 Å². The molecular formula is C14H11BrClNO2. The van der Waals surface area contributed by atoms with Crippen LogP contribution in [0.5, 0.6) is 5.75 Å². The predicted octanol–water partition coefficient (Wildman–Crippen LogP) is 3.92. The van der Waals surface area contributed by atoms with Crippen LogP contribution in [0, 0.1) is 0 Å². The smallest absolute Gasteiger partial charge is 0.197 e. The zero-order valence-corrected chi connectivity index (χ0v) is 12.5. The lowest BCUT2D eigenvalue weighted by atomic mass is 10.0. The molecule has 0 fully saturated rings. The molecule has 2 N–H and O–H groups in total. The lowest BCUT2D eigenvalue weighted by Gasteiger charge is -2.09. The highest BCUT2D eigenvalue weighted by Gasteiger charge is 2.17. The molecule has 19 heavy (non-hydrogen) atoms. The molecule has 0 saturated carbocycles. The van der Waals surface area contributed by atoms with Gasteiger partial charge in [0.1, 0.15) is 5.75 Å². The Labute approximate surface area is 124 Å². The van der Waals surface area contributed by atoms with E-state index in [0.29, 0.717) is 32.1 Å². The number of hydrogen-bond donors (Lipinski definition) is 1. The summed E-state index contributed by atoms with van der Waals surface area (Å²) in [6.45, 7) is 0. The number of ketones is 1. The summed E-state index contributed by atoms with van der Waals surface area (Å²) in [6.07, 6.45) is 0. The van der Waals surface area contributed by atoms with Gasteiger partial charge in [-0.25, -0.2) is 0 Å². The maximum absolute atomic E-state index is 12.5. The van der Waals surface area contributed by atoms with E-state index in [1.54, 1.807) is 36.4 Å². The van der Waals surface area contributed by atoms with Gasteiger partial charge >= 0.3 is 0 Å². The first-order valence-corrected chi connectivity index (χ1v) is 6.63. The average molecular weight is 341 g/mol. The van der Waals surface area contributed by atoms with E-state index in [-0.39, 0.29) is 5.78 Å². The first-order valence-electron chi connectivity index (χ1n) is 5.46. The van der Waals surface area contributed by atoms with E-state index in [1.807, 2.05) is 0 Å². The van der Waals surface area contributed by atoms with Crippen molar-refractivity contribution in [1.82, 2.24) is 0 Å². The molecule has 0 aliphatic carbocycles. The lowest BCUT2D eigenvalue weighted by Crippen LogP contribution is -2.05. The van der Waals surface area contributed by atoms with Gasteiger partial charge in [0.25, 0.3) is 0 Å². The van der Waals surface area contributed by atoms with Crippen molar-refractivity contribution in [2.24, 2.45) is 0 Å². The molecule has 0 radical (unpaired) electrons. The standard InChI is InChI=1S/C14H11BrClNO2/c1-19-13-6-8(16)2-4-11(13)14(18)10-5-3-9(17)7-12(10)15/h2-7H,17H2,1H3. The zero-order valence-electron chi connectivity index (χ0n) is 10.1. The predicted molar refractivity (Wildman–Crippen MR) is 80.0 cm³/mol. The molecule has 0 spiro atoms. The Bertz CT molecular complexity index is 643. The third-order valence-corrected chi connectivity index (χ3v) is 3.54. The fourth-order valence-corrected chi connectivity index (χ4v) is 2.45. The topological polar surface area (TPSA) is 52.3 Å². The fourth-order valence-electron chi connectivity index (χ4n) is 1.71. The van der Waals surface area contributed by atoms with Crippen LogP contribution in [0.3, 0.4) is 0 Å². The van der Waals surface area contributed by atoms with Gasteiger partial charge in [-0.2, -0.15) is 0 Å². The summed E-state index contributed by atoms with van der Waals surface area (Å²) < 4.78 is 5.83. The number of carbonyl (C=O) groups excluding carboxylic acids is 1. The fraction of sp³-hybridized carbons (Fsp3) is 0.0714. The van der Waals surface area contributed by atoms with Crippen LogP contribution >= 0.6 is 27.5 Å². The normalized spacial score (nSPS) is 10.3. The molecule has 0 amide bonds. The van der Waals surface area contributed by atoms with Crippen molar-refractivity contribution in [1.29, 1.82) is 0 Å². The number of carbonyl (C=O) groups is 1. The van der Waals surface area contributed by atoms with Gasteiger partial charge in [0.2, 0.25) is 0 Å². The first kappa shape index (κ1) is 13.9. The summed E-state index contributed by atoms with van der Waals surface area (Å²) in [7, 11) is 1.50. The summed E-state index contributed by atoms with van der Waals surface area (Å²) in [6, 6.07) is 9.96. The molecule has 2 rings (SSSR count). The second kappa shape index (κ2) is 5.63. The molecule has 0 saturated heterocycles. The second-order valence-corrected chi connectivity index (χ2v) is 5.20. The van der Waals surface area contributed by atoms with Crippen LogP contribution in [0.1, 0.15) is 15.9 Å². The van der Waals surface area contributed by atoms with Gasteiger partial charge in [0, 0.05) is 20.7 Å². The van der Waals surface area contributed by atoms with E-state index in [1.165, 1.54) is 7.11 Å². The van der Waals surface area contributed by atoms with Gasteiger partial charge in [-0.05, 0) is 52.3 Å². The van der Waals surface area contributed by atoms with Gasteiger partial charge in [-0.1, -0.05) is 11.6 Å². The summed E-state index contributed by atoms with van der Waals surface area (Å²) >= 11 is 9.22.